The molecule has 4 atom stereocenters. The van der Waals surface area contributed by atoms with E-state index in [0.717, 1.165) is 0 Å². The van der Waals surface area contributed by atoms with Crippen LogP contribution in [0.1, 0.15) is 26.9 Å². The molecule has 11 nitrogen and oxygen atoms in total. The lowest BCUT2D eigenvalue weighted by Crippen LogP contribution is -2.40. The molecule has 0 aliphatic carbocycles. The van der Waals surface area contributed by atoms with E-state index >= 15 is 0 Å². The Labute approximate surface area is 213 Å². The molecule has 12 heteroatoms. The number of carbonyl (C=O) groups excluding carboxylic acids is 2. The summed E-state index contributed by atoms with van der Waals surface area (Å²) < 4.78 is 24.7. The fourth-order valence-corrected chi connectivity index (χ4v) is 4.24. The molecule has 2 unspecified atom stereocenters. The van der Waals surface area contributed by atoms with Crippen molar-refractivity contribution in [2.45, 2.75) is 24.5 Å². The molecular weight excluding hydrogens is 534 g/mol. The van der Waals surface area contributed by atoms with Gasteiger partial charge in [-0.15, -0.1) is 0 Å². The molecular formula is C24H20BrN5O6. The van der Waals surface area contributed by atoms with Gasteiger partial charge in [-0.05, 0) is 24.3 Å². The van der Waals surface area contributed by atoms with Crippen molar-refractivity contribution >= 4 is 45.2 Å². The average molecular weight is 554 g/mol. The number of nitrogens with two attached hydrogens (primary N) is 1. The summed E-state index contributed by atoms with van der Waals surface area (Å²) in [7, 11) is 0. The van der Waals surface area contributed by atoms with Crippen LogP contribution in [0.25, 0.3) is 11.2 Å². The molecule has 1 saturated heterocycles. The summed E-state index contributed by atoms with van der Waals surface area (Å²) >= 11 is 2.94. The fourth-order valence-electron chi connectivity index (χ4n) is 3.98. The van der Waals surface area contributed by atoms with Gasteiger partial charge in [0.05, 0.1) is 40.3 Å². The smallest absolute Gasteiger partial charge is 0.338 e. The van der Waals surface area contributed by atoms with E-state index in [9.17, 15) is 9.59 Å². The number of nitrogen functional groups attached to an aromatic ring is 1. The lowest BCUT2D eigenvalue weighted by atomic mass is 10.1. The van der Waals surface area contributed by atoms with Crippen molar-refractivity contribution in [3.63, 3.8) is 0 Å². The Balaban J connectivity index is 1.53. The van der Waals surface area contributed by atoms with Gasteiger partial charge in [-0.1, -0.05) is 36.4 Å². The lowest BCUT2D eigenvalue weighted by molar-refractivity contribution is -0.0523. The van der Waals surface area contributed by atoms with Gasteiger partial charge in [0.15, 0.2) is 29.9 Å². The predicted octanol–water partition coefficient (Wildman–Crippen LogP) is 3.08. The zero-order valence-electron chi connectivity index (χ0n) is 18.6. The van der Waals surface area contributed by atoms with Crippen LogP contribution >= 0.6 is 16.3 Å². The molecule has 0 saturated carbocycles. The zero-order valence-corrected chi connectivity index (χ0v) is 20.2. The Morgan fingerprint density at radius 3 is 2.14 bits per heavy atom. The van der Waals surface area contributed by atoms with E-state index in [2.05, 4.69) is 31.2 Å². The summed E-state index contributed by atoms with van der Waals surface area (Å²) in [5.74, 6) is -1.04. The van der Waals surface area contributed by atoms with E-state index in [4.69, 9.17) is 23.8 Å². The van der Waals surface area contributed by atoms with E-state index in [1.165, 1.54) is 12.7 Å². The molecule has 36 heavy (non-hydrogen) atoms. The first-order chi connectivity index (χ1) is 17.6. The molecule has 1 aliphatic heterocycles. The first-order valence-electron chi connectivity index (χ1n) is 10.9. The monoisotopic (exact) mass is 553 g/mol. The van der Waals surface area contributed by atoms with Gasteiger partial charge in [-0.2, -0.15) is 0 Å². The minimum Gasteiger partial charge on any atom is -0.452 e. The molecule has 184 valence electrons. The summed E-state index contributed by atoms with van der Waals surface area (Å²) in [5, 5.41) is 0. The summed E-state index contributed by atoms with van der Waals surface area (Å²) in [6, 6.07) is 16.9. The van der Waals surface area contributed by atoms with Crippen molar-refractivity contribution in [1.29, 1.82) is 0 Å². The Bertz CT molecular complexity index is 1370. The number of benzene rings is 2. The fraction of sp³-hybridized carbons (Fsp3) is 0.208. The Hall–Kier alpha value is -3.87. The Morgan fingerprint density at radius 1 is 0.917 bits per heavy atom. The van der Waals surface area contributed by atoms with Gasteiger partial charge >= 0.3 is 11.9 Å². The third-order valence-corrected chi connectivity index (χ3v) is 5.94. The van der Waals surface area contributed by atoms with Gasteiger partial charge < -0.3 is 23.8 Å². The van der Waals surface area contributed by atoms with Gasteiger partial charge in [0.2, 0.25) is 0 Å². The van der Waals surface area contributed by atoms with Gasteiger partial charge in [-0.3, -0.25) is 4.57 Å². The molecule has 1 fully saturated rings. The summed E-state index contributed by atoms with van der Waals surface area (Å²) in [6.07, 6.45) is -1.11. The van der Waals surface area contributed by atoms with Gasteiger partial charge in [-0.25, -0.2) is 24.5 Å². The molecule has 3 heterocycles. The maximum atomic E-state index is 13.1. The highest BCUT2D eigenvalue weighted by Gasteiger charge is 2.51. The molecule has 0 bridgehead atoms. The van der Waals surface area contributed by atoms with Gasteiger partial charge in [0.25, 0.3) is 0 Å². The minimum absolute atomic E-state index is 0.00756. The molecule has 4 aromatic rings. The van der Waals surface area contributed by atoms with Crippen LogP contribution in [-0.2, 0) is 18.0 Å². The molecule has 2 aromatic heterocycles. The van der Waals surface area contributed by atoms with Crippen LogP contribution in [0.2, 0.25) is 0 Å². The van der Waals surface area contributed by atoms with Gasteiger partial charge in [0, 0.05) is 0 Å². The second kappa shape index (κ2) is 10.4. The van der Waals surface area contributed by atoms with Crippen molar-refractivity contribution < 1.29 is 27.6 Å². The summed E-state index contributed by atoms with van der Waals surface area (Å²) in [4.78, 5) is 38.5. The second-order valence-electron chi connectivity index (χ2n) is 7.90. The SMILES string of the molecule is Nc1ncnc2c1ncn2[C@H]1O[C@@H](COBr)C(OC(=O)c2ccccc2)C1OC(=O)c1ccccc1. The number of hydrogen-bond donors (Lipinski definition) is 1. The molecule has 1 aliphatic rings. The highest BCUT2D eigenvalue weighted by atomic mass is 79.9. The number of carbonyl (C=O) groups is 2. The first kappa shape index (κ1) is 23.9. The number of rotatable bonds is 7. The summed E-state index contributed by atoms with van der Waals surface area (Å²) in [6.45, 7) is -0.00756. The van der Waals surface area contributed by atoms with Crippen molar-refractivity contribution in [3.8, 4) is 0 Å². The number of aromatic nitrogens is 4. The third kappa shape index (κ3) is 4.65. The lowest BCUT2D eigenvalue weighted by Gasteiger charge is -2.24. The van der Waals surface area contributed by atoms with E-state index in [-0.39, 0.29) is 12.4 Å². The molecule has 0 amide bonds. The largest absolute Gasteiger partial charge is 0.452 e. The summed E-state index contributed by atoms with van der Waals surface area (Å²) in [5.41, 5.74) is 7.32. The number of esters is 2. The van der Waals surface area contributed by atoms with Crippen LogP contribution in [0.15, 0.2) is 73.3 Å². The second-order valence-corrected chi connectivity index (χ2v) is 8.35. The number of imidazole rings is 1. The van der Waals surface area contributed by atoms with Gasteiger partial charge in [0.1, 0.15) is 17.9 Å². The number of fused-ring (bicyclic) bond motifs is 1. The van der Waals surface area contributed by atoms with E-state index in [0.29, 0.717) is 22.3 Å². The van der Waals surface area contributed by atoms with E-state index in [1.54, 1.807) is 65.2 Å². The van der Waals surface area contributed by atoms with Crippen molar-refractivity contribution in [3.05, 3.63) is 84.4 Å². The zero-order chi connectivity index (χ0) is 25.1. The van der Waals surface area contributed by atoms with E-state index < -0.39 is 36.5 Å². The number of anilines is 1. The van der Waals surface area contributed by atoms with Crippen LogP contribution in [0.5, 0.6) is 0 Å². The van der Waals surface area contributed by atoms with Crippen LogP contribution < -0.4 is 5.73 Å². The number of nitrogens with zero attached hydrogens (tertiary/aromatic N) is 4. The topological polar surface area (TPSA) is 141 Å². The Kier molecular flexibility index (Phi) is 6.89. The quantitative estimate of drug-likeness (QED) is 0.339. The highest BCUT2D eigenvalue weighted by Crippen LogP contribution is 2.37. The average Bonchev–Trinajstić information content (AvgIpc) is 3.48. The maximum Gasteiger partial charge on any atom is 0.338 e. The Morgan fingerprint density at radius 2 is 1.53 bits per heavy atom. The normalized spacial score (nSPS) is 21.4. The highest BCUT2D eigenvalue weighted by molar-refractivity contribution is 9.06. The van der Waals surface area contributed by atoms with Crippen LogP contribution in [0.3, 0.4) is 0 Å². The molecule has 0 spiro atoms. The van der Waals surface area contributed by atoms with Crippen LogP contribution in [0.4, 0.5) is 5.82 Å². The van der Waals surface area contributed by atoms with Crippen molar-refractivity contribution in [2.75, 3.05) is 12.3 Å². The molecule has 2 aromatic carbocycles. The molecule has 5 rings (SSSR count). The minimum atomic E-state index is -1.08. The molecule has 2 N–H and O–H groups in total. The number of hydrogen-bond acceptors (Lipinski definition) is 10. The maximum absolute atomic E-state index is 13.1. The first-order valence-corrected chi connectivity index (χ1v) is 11.6. The molecule has 0 radical (unpaired) electrons. The number of halogens is 1. The van der Waals surface area contributed by atoms with Crippen molar-refractivity contribution in [2.24, 2.45) is 0 Å². The van der Waals surface area contributed by atoms with Crippen molar-refractivity contribution in [1.82, 2.24) is 19.5 Å². The standard InChI is InChI=1S/C24H20BrN5O6/c25-33-11-16-18(35-23(31)14-7-3-1-4-8-14)19(36-24(32)15-9-5-2-6-10-15)22(34-16)30-13-29-17-20(26)27-12-28-21(17)30/h1-10,12-13,16,18-19,22H,11H2,(H2,26,27,28)/t16-,18?,19?,22-/m0/s1. The predicted molar refractivity (Wildman–Crippen MR) is 130 cm³/mol. The van der Waals surface area contributed by atoms with Crippen LogP contribution in [0, 0.1) is 0 Å². The third-order valence-electron chi connectivity index (χ3n) is 5.68. The van der Waals surface area contributed by atoms with E-state index in [1.807, 2.05) is 0 Å². The van der Waals surface area contributed by atoms with Crippen LogP contribution in [-0.4, -0.2) is 56.4 Å². The number of ether oxygens (including phenoxy) is 3.